The van der Waals surface area contributed by atoms with Crippen LogP contribution in [0.5, 0.6) is 0 Å². The standard InChI is InChI=1S/C26H26N4O4S/c1-2-14-35(33,34)30(25(26(31)32)16-19-6-5-7-20(15-19)18-29-28)23-12-10-21(11-13-23)24-9-4-3-8-22(24)17-27/h3-13,15,18,25H,2,14,16,28H2,1H3,(H,31,32). The van der Waals surface area contributed by atoms with Crippen LogP contribution in [0.4, 0.5) is 5.69 Å². The van der Waals surface area contributed by atoms with Crippen molar-refractivity contribution in [2.45, 2.75) is 25.8 Å². The first-order valence-electron chi connectivity index (χ1n) is 11.0. The number of rotatable bonds is 10. The zero-order chi connectivity index (χ0) is 25.4. The second-order valence-electron chi connectivity index (χ2n) is 7.90. The van der Waals surface area contributed by atoms with Crippen LogP contribution in [-0.2, 0) is 21.2 Å². The average molecular weight is 491 g/mol. The molecular weight excluding hydrogens is 464 g/mol. The molecule has 35 heavy (non-hydrogen) atoms. The lowest BCUT2D eigenvalue weighted by molar-refractivity contribution is -0.138. The predicted molar refractivity (Wildman–Crippen MR) is 137 cm³/mol. The highest BCUT2D eigenvalue weighted by Gasteiger charge is 2.35. The molecule has 0 aliphatic carbocycles. The highest BCUT2D eigenvalue weighted by Crippen LogP contribution is 2.29. The van der Waals surface area contributed by atoms with Crippen molar-refractivity contribution in [1.29, 1.82) is 5.26 Å². The minimum absolute atomic E-state index is 0.0520. The van der Waals surface area contributed by atoms with E-state index in [1.165, 1.54) is 6.21 Å². The third-order valence-corrected chi connectivity index (χ3v) is 7.40. The van der Waals surface area contributed by atoms with Crippen molar-refractivity contribution in [3.63, 3.8) is 0 Å². The van der Waals surface area contributed by atoms with Gasteiger partial charge in [0.2, 0.25) is 10.0 Å². The summed E-state index contributed by atoms with van der Waals surface area (Å²) in [5.41, 5.74) is 3.46. The maximum absolute atomic E-state index is 13.3. The van der Waals surface area contributed by atoms with E-state index in [0.717, 1.165) is 9.87 Å². The molecule has 0 radical (unpaired) electrons. The maximum Gasteiger partial charge on any atom is 0.327 e. The fourth-order valence-corrected chi connectivity index (χ4v) is 5.60. The van der Waals surface area contributed by atoms with Crippen LogP contribution in [0.15, 0.2) is 77.9 Å². The van der Waals surface area contributed by atoms with Crippen LogP contribution < -0.4 is 10.1 Å². The van der Waals surface area contributed by atoms with Crippen molar-refractivity contribution in [3.8, 4) is 17.2 Å². The number of nitrogens with two attached hydrogens (primary N) is 1. The van der Waals surface area contributed by atoms with E-state index in [1.807, 2.05) is 6.07 Å². The normalized spacial score (nSPS) is 12.2. The fraction of sp³-hybridized carbons (Fsp3) is 0.192. The molecule has 0 fully saturated rings. The predicted octanol–water partition coefficient (Wildman–Crippen LogP) is 3.76. The van der Waals surface area contributed by atoms with Gasteiger partial charge < -0.3 is 10.9 Å². The number of nitrogens with zero attached hydrogens (tertiary/aromatic N) is 3. The molecule has 0 amide bonds. The molecule has 0 aromatic heterocycles. The van der Waals surface area contributed by atoms with Gasteiger partial charge in [-0.25, -0.2) is 13.2 Å². The second kappa shape index (κ2) is 11.3. The number of benzene rings is 3. The lowest BCUT2D eigenvalue weighted by Crippen LogP contribution is -2.47. The van der Waals surface area contributed by atoms with Crippen molar-refractivity contribution in [2.24, 2.45) is 10.9 Å². The molecule has 1 atom stereocenters. The topological polar surface area (TPSA) is 137 Å². The molecule has 3 N–H and O–H groups in total. The fourth-order valence-electron chi connectivity index (χ4n) is 3.89. The monoisotopic (exact) mass is 490 g/mol. The minimum atomic E-state index is -3.95. The van der Waals surface area contributed by atoms with E-state index in [0.29, 0.717) is 28.7 Å². The first-order valence-corrected chi connectivity index (χ1v) is 12.6. The lowest BCUT2D eigenvalue weighted by Gasteiger charge is -2.30. The zero-order valence-corrected chi connectivity index (χ0v) is 20.0. The molecule has 3 aromatic carbocycles. The Morgan fingerprint density at radius 3 is 2.49 bits per heavy atom. The van der Waals surface area contributed by atoms with Crippen LogP contribution in [0, 0.1) is 11.3 Å². The Morgan fingerprint density at radius 2 is 1.86 bits per heavy atom. The summed E-state index contributed by atoms with van der Waals surface area (Å²) in [5, 5.41) is 23.0. The Bertz CT molecular complexity index is 1360. The van der Waals surface area contributed by atoms with E-state index in [2.05, 4.69) is 11.2 Å². The van der Waals surface area contributed by atoms with Crippen LogP contribution >= 0.6 is 0 Å². The van der Waals surface area contributed by atoms with E-state index in [1.54, 1.807) is 73.7 Å². The van der Waals surface area contributed by atoms with Gasteiger partial charge in [0.1, 0.15) is 6.04 Å². The lowest BCUT2D eigenvalue weighted by atomic mass is 10.00. The molecule has 180 valence electrons. The number of carbonyl (C=O) groups is 1. The molecule has 0 bridgehead atoms. The van der Waals surface area contributed by atoms with Crippen LogP contribution in [0.3, 0.4) is 0 Å². The van der Waals surface area contributed by atoms with Gasteiger partial charge in [-0.3, -0.25) is 4.31 Å². The number of sulfonamides is 1. The van der Waals surface area contributed by atoms with Crippen LogP contribution in [0.25, 0.3) is 11.1 Å². The van der Waals surface area contributed by atoms with Crippen LogP contribution in [-0.4, -0.2) is 37.5 Å². The summed E-state index contributed by atoms with van der Waals surface area (Å²) < 4.78 is 27.5. The summed E-state index contributed by atoms with van der Waals surface area (Å²) in [6, 6.07) is 21.3. The third kappa shape index (κ3) is 6.05. The van der Waals surface area contributed by atoms with Crippen molar-refractivity contribution >= 4 is 27.9 Å². The molecule has 1 unspecified atom stereocenters. The molecule has 3 rings (SSSR count). The van der Waals surface area contributed by atoms with E-state index in [-0.39, 0.29) is 17.9 Å². The minimum Gasteiger partial charge on any atom is -0.480 e. The molecule has 0 saturated carbocycles. The van der Waals surface area contributed by atoms with E-state index in [9.17, 15) is 23.6 Å². The van der Waals surface area contributed by atoms with Gasteiger partial charge in [-0.05, 0) is 46.9 Å². The second-order valence-corrected chi connectivity index (χ2v) is 9.86. The smallest absolute Gasteiger partial charge is 0.327 e. The largest absolute Gasteiger partial charge is 0.480 e. The summed E-state index contributed by atoms with van der Waals surface area (Å²) in [7, 11) is -3.95. The quantitative estimate of drug-likeness (QED) is 0.252. The number of aliphatic carboxylic acids is 1. The van der Waals surface area contributed by atoms with Gasteiger partial charge >= 0.3 is 5.97 Å². The zero-order valence-electron chi connectivity index (χ0n) is 19.2. The van der Waals surface area contributed by atoms with Gasteiger partial charge in [-0.2, -0.15) is 10.4 Å². The Hall–Kier alpha value is -4.16. The Balaban J connectivity index is 2.06. The number of carboxylic acid groups (broad SMARTS) is 1. The number of hydrazone groups is 1. The Labute approximate surface area is 205 Å². The summed E-state index contributed by atoms with van der Waals surface area (Å²) >= 11 is 0. The highest BCUT2D eigenvalue weighted by atomic mass is 32.2. The molecule has 3 aromatic rings. The van der Waals surface area contributed by atoms with Crippen molar-refractivity contribution in [3.05, 3.63) is 89.5 Å². The van der Waals surface area contributed by atoms with E-state index in [4.69, 9.17) is 5.84 Å². The summed E-state index contributed by atoms with van der Waals surface area (Å²) in [5.74, 6) is 3.76. The summed E-state index contributed by atoms with van der Waals surface area (Å²) in [4.78, 5) is 12.4. The molecular formula is C26H26N4O4S. The Kier molecular flexibility index (Phi) is 8.23. The molecule has 0 spiro atoms. The molecule has 0 aliphatic rings. The van der Waals surface area contributed by atoms with Crippen molar-refractivity contribution < 1.29 is 18.3 Å². The molecule has 9 heteroatoms. The Morgan fingerprint density at radius 1 is 1.14 bits per heavy atom. The van der Waals surface area contributed by atoms with E-state index < -0.39 is 22.0 Å². The highest BCUT2D eigenvalue weighted by molar-refractivity contribution is 7.92. The maximum atomic E-state index is 13.3. The first kappa shape index (κ1) is 25.5. The summed E-state index contributed by atoms with van der Waals surface area (Å²) in [6.07, 6.45) is 1.72. The average Bonchev–Trinajstić information content (AvgIpc) is 2.84. The number of carboxylic acids is 1. The van der Waals surface area contributed by atoms with Gasteiger partial charge in [0, 0.05) is 6.42 Å². The molecule has 0 saturated heterocycles. The first-order chi connectivity index (χ1) is 16.8. The van der Waals surface area contributed by atoms with Gasteiger partial charge in [0.25, 0.3) is 0 Å². The van der Waals surface area contributed by atoms with Gasteiger partial charge in [-0.15, -0.1) is 0 Å². The number of hydrogen-bond donors (Lipinski definition) is 2. The SMILES string of the molecule is CCCS(=O)(=O)N(c1ccc(-c2ccccc2C#N)cc1)C(Cc1cccc(C=NN)c1)C(=O)O. The van der Waals surface area contributed by atoms with Gasteiger partial charge in [0.15, 0.2) is 0 Å². The third-order valence-electron chi connectivity index (χ3n) is 5.41. The van der Waals surface area contributed by atoms with Crippen molar-refractivity contribution in [1.82, 2.24) is 0 Å². The number of nitriles is 1. The summed E-state index contributed by atoms with van der Waals surface area (Å²) in [6.45, 7) is 1.73. The van der Waals surface area contributed by atoms with E-state index >= 15 is 0 Å². The van der Waals surface area contributed by atoms with Gasteiger partial charge in [0.05, 0.1) is 29.3 Å². The molecule has 0 aliphatic heterocycles. The number of anilines is 1. The van der Waals surface area contributed by atoms with Crippen LogP contribution in [0.2, 0.25) is 0 Å². The van der Waals surface area contributed by atoms with Crippen molar-refractivity contribution in [2.75, 3.05) is 10.1 Å². The van der Waals surface area contributed by atoms with Crippen LogP contribution in [0.1, 0.15) is 30.0 Å². The number of hydrogen-bond acceptors (Lipinski definition) is 6. The molecule has 8 nitrogen and oxygen atoms in total. The van der Waals surface area contributed by atoms with Gasteiger partial charge in [-0.1, -0.05) is 61.5 Å². The molecule has 0 heterocycles.